The number of ether oxygens (including phenoxy) is 1. The molecule has 0 aliphatic rings. The molecule has 0 heterocycles. The number of rotatable bonds is 5. The number of hydrogen-bond acceptors (Lipinski definition) is 2. The van der Waals surface area contributed by atoms with Crippen LogP contribution in [0.2, 0.25) is 0 Å². The van der Waals surface area contributed by atoms with Crippen molar-refractivity contribution in [1.82, 2.24) is 4.90 Å². The molecule has 1 amide bonds. The Morgan fingerprint density at radius 1 is 1.19 bits per heavy atom. The number of aryl methyl sites for hydroxylation is 1. The molecular formula is C17H18FNO2. The lowest BCUT2D eigenvalue weighted by atomic mass is 10.1. The van der Waals surface area contributed by atoms with Gasteiger partial charge in [0.2, 0.25) is 0 Å². The van der Waals surface area contributed by atoms with Crippen molar-refractivity contribution in [2.45, 2.75) is 6.92 Å². The lowest BCUT2D eigenvalue weighted by Crippen LogP contribution is -2.31. The van der Waals surface area contributed by atoms with Crippen molar-refractivity contribution in [3.05, 3.63) is 65.5 Å². The molecule has 0 aliphatic heterocycles. The topological polar surface area (TPSA) is 29.5 Å². The molecule has 0 radical (unpaired) electrons. The van der Waals surface area contributed by atoms with E-state index >= 15 is 0 Å². The Bertz CT molecular complexity index is 613. The molecule has 0 N–H and O–H groups in total. The molecule has 0 aliphatic carbocycles. The van der Waals surface area contributed by atoms with Gasteiger partial charge in [-0.25, -0.2) is 4.39 Å². The summed E-state index contributed by atoms with van der Waals surface area (Å²) in [5, 5.41) is 0. The van der Waals surface area contributed by atoms with Crippen LogP contribution >= 0.6 is 0 Å². The first-order valence-electron chi connectivity index (χ1n) is 6.77. The van der Waals surface area contributed by atoms with Gasteiger partial charge in [-0.1, -0.05) is 29.8 Å². The largest absolute Gasteiger partial charge is 0.492 e. The van der Waals surface area contributed by atoms with E-state index in [1.807, 2.05) is 37.3 Å². The molecule has 0 atom stereocenters. The maximum absolute atomic E-state index is 13.7. The van der Waals surface area contributed by atoms with Crippen LogP contribution in [0, 0.1) is 12.7 Å². The SMILES string of the molecule is Cc1ccc(F)c(C(=O)N(C)CCOc2ccccc2)c1. The van der Waals surface area contributed by atoms with Crippen molar-refractivity contribution >= 4 is 5.91 Å². The van der Waals surface area contributed by atoms with Crippen LogP contribution in [0.5, 0.6) is 5.75 Å². The summed E-state index contributed by atoms with van der Waals surface area (Å²) in [5.41, 5.74) is 0.950. The van der Waals surface area contributed by atoms with Gasteiger partial charge in [-0.2, -0.15) is 0 Å². The Morgan fingerprint density at radius 2 is 1.90 bits per heavy atom. The normalized spacial score (nSPS) is 10.2. The third-order valence-corrected chi connectivity index (χ3v) is 3.14. The average Bonchev–Trinajstić information content (AvgIpc) is 2.50. The van der Waals surface area contributed by atoms with Crippen LogP contribution in [0.1, 0.15) is 15.9 Å². The molecule has 0 spiro atoms. The van der Waals surface area contributed by atoms with Crippen molar-refractivity contribution in [3.63, 3.8) is 0 Å². The van der Waals surface area contributed by atoms with Gasteiger partial charge in [0, 0.05) is 7.05 Å². The van der Waals surface area contributed by atoms with Crippen molar-refractivity contribution in [2.75, 3.05) is 20.2 Å². The Labute approximate surface area is 124 Å². The van der Waals surface area contributed by atoms with Gasteiger partial charge in [-0.3, -0.25) is 4.79 Å². The molecule has 3 nitrogen and oxygen atoms in total. The van der Waals surface area contributed by atoms with Gasteiger partial charge < -0.3 is 9.64 Å². The number of para-hydroxylation sites is 1. The molecule has 0 saturated carbocycles. The van der Waals surface area contributed by atoms with Gasteiger partial charge in [0.1, 0.15) is 18.2 Å². The summed E-state index contributed by atoms with van der Waals surface area (Å²) in [6.07, 6.45) is 0. The molecule has 0 unspecified atom stereocenters. The molecule has 110 valence electrons. The van der Waals surface area contributed by atoms with Gasteiger partial charge in [0.25, 0.3) is 5.91 Å². The molecule has 0 saturated heterocycles. The fourth-order valence-electron chi connectivity index (χ4n) is 1.93. The van der Waals surface area contributed by atoms with Gasteiger partial charge in [-0.05, 0) is 31.2 Å². The third kappa shape index (κ3) is 4.05. The summed E-state index contributed by atoms with van der Waals surface area (Å²) >= 11 is 0. The fourth-order valence-corrected chi connectivity index (χ4v) is 1.93. The minimum absolute atomic E-state index is 0.0946. The molecule has 2 rings (SSSR count). The number of benzene rings is 2. The van der Waals surface area contributed by atoms with Crippen LogP contribution in [0.25, 0.3) is 0 Å². The molecule has 2 aromatic rings. The monoisotopic (exact) mass is 287 g/mol. The first kappa shape index (κ1) is 15.0. The lowest BCUT2D eigenvalue weighted by molar-refractivity contribution is 0.0769. The van der Waals surface area contributed by atoms with Gasteiger partial charge in [0.15, 0.2) is 0 Å². The highest BCUT2D eigenvalue weighted by Crippen LogP contribution is 2.12. The zero-order valence-corrected chi connectivity index (χ0v) is 12.2. The highest BCUT2D eigenvalue weighted by Gasteiger charge is 2.16. The molecule has 0 bridgehead atoms. The van der Waals surface area contributed by atoms with E-state index in [0.717, 1.165) is 11.3 Å². The molecule has 21 heavy (non-hydrogen) atoms. The first-order chi connectivity index (χ1) is 10.1. The second-order valence-electron chi connectivity index (χ2n) is 4.87. The maximum Gasteiger partial charge on any atom is 0.256 e. The lowest BCUT2D eigenvalue weighted by Gasteiger charge is -2.18. The van der Waals surface area contributed by atoms with E-state index in [4.69, 9.17) is 4.74 Å². The Balaban J connectivity index is 1.92. The van der Waals surface area contributed by atoms with Gasteiger partial charge >= 0.3 is 0 Å². The number of likely N-dealkylation sites (N-methyl/N-ethyl adjacent to an activating group) is 1. The van der Waals surface area contributed by atoms with E-state index in [0.29, 0.717) is 13.2 Å². The molecule has 4 heteroatoms. The Morgan fingerprint density at radius 3 is 2.62 bits per heavy atom. The zero-order chi connectivity index (χ0) is 15.2. The summed E-state index contributed by atoms with van der Waals surface area (Å²) < 4.78 is 19.2. The average molecular weight is 287 g/mol. The van der Waals surface area contributed by atoms with E-state index in [-0.39, 0.29) is 11.5 Å². The van der Waals surface area contributed by atoms with Crippen molar-refractivity contribution in [1.29, 1.82) is 0 Å². The van der Waals surface area contributed by atoms with Crippen molar-refractivity contribution in [3.8, 4) is 5.75 Å². The number of carbonyl (C=O) groups is 1. The molecule has 2 aromatic carbocycles. The van der Waals surface area contributed by atoms with Crippen LogP contribution in [-0.4, -0.2) is 31.0 Å². The summed E-state index contributed by atoms with van der Waals surface area (Å²) in [6.45, 7) is 2.58. The smallest absolute Gasteiger partial charge is 0.256 e. The summed E-state index contributed by atoms with van der Waals surface area (Å²) in [5.74, 6) is -0.0885. The fraction of sp³-hybridized carbons (Fsp3) is 0.235. The predicted octanol–water partition coefficient (Wildman–Crippen LogP) is 3.29. The van der Waals surface area contributed by atoms with Gasteiger partial charge in [-0.15, -0.1) is 0 Å². The minimum Gasteiger partial charge on any atom is -0.492 e. The van der Waals surface area contributed by atoms with Crippen molar-refractivity contribution in [2.24, 2.45) is 0 Å². The third-order valence-electron chi connectivity index (χ3n) is 3.14. The van der Waals surface area contributed by atoms with E-state index in [1.165, 1.54) is 11.0 Å². The second kappa shape index (κ2) is 6.88. The second-order valence-corrected chi connectivity index (χ2v) is 4.87. The number of hydrogen-bond donors (Lipinski definition) is 0. The standard InChI is InChI=1S/C17H18FNO2/c1-13-8-9-16(18)15(12-13)17(20)19(2)10-11-21-14-6-4-3-5-7-14/h3-9,12H,10-11H2,1-2H3. The zero-order valence-electron chi connectivity index (χ0n) is 12.2. The Hall–Kier alpha value is -2.36. The summed E-state index contributed by atoms with van der Waals surface area (Å²) in [7, 11) is 1.64. The van der Waals surface area contributed by atoms with E-state index in [9.17, 15) is 9.18 Å². The van der Waals surface area contributed by atoms with E-state index in [1.54, 1.807) is 19.2 Å². The summed E-state index contributed by atoms with van der Waals surface area (Å²) in [4.78, 5) is 13.6. The van der Waals surface area contributed by atoms with E-state index in [2.05, 4.69) is 0 Å². The van der Waals surface area contributed by atoms with Crippen LogP contribution in [-0.2, 0) is 0 Å². The number of amides is 1. The summed E-state index contributed by atoms with van der Waals surface area (Å²) in [6, 6.07) is 13.9. The number of nitrogens with zero attached hydrogens (tertiary/aromatic N) is 1. The van der Waals surface area contributed by atoms with Gasteiger partial charge in [0.05, 0.1) is 12.1 Å². The highest BCUT2D eigenvalue weighted by atomic mass is 19.1. The van der Waals surface area contributed by atoms with Crippen LogP contribution < -0.4 is 4.74 Å². The highest BCUT2D eigenvalue weighted by molar-refractivity contribution is 5.94. The van der Waals surface area contributed by atoms with Crippen LogP contribution in [0.4, 0.5) is 4.39 Å². The minimum atomic E-state index is -0.499. The Kier molecular flexibility index (Phi) is 4.93. The quantitative estimate of drug-likeness (QED) is 0.844. The maximum atomic E-state index is 13.7. The molecular weight excluding hydrogens is 269 g/mol. The van der Waals surface area contributed by atoms with Crippen LogP contribution in [0.3, 0.4) is 0 Å². The van der Waals surface area contributed by atoms with Crippen LogP contribution in [0.15, 0.2) is 48.5 Å². The number of halogens is 1. The first-order valence-corrected chi connectivity index (χ1v) is 6.77. The molecule has 0 fully saturated rings. The van der Waals surface area contributed by atoms with E-state index < -0.39 is 5.82 Å². The predicted molar refractivity (Wildman–Crippen MR) is 80.0 cm³/mol. The number of carbonyl (C=O) groups excluding carboxylic acids is 1. The molecule has 0 aromatic heterocycles. The van der Waals surface area contributed by atoms with Crippen molar-refractivity contribution < 1.29 is 13.9 Å².